The third kappa shape index (κ3) is 3.97. The second-order valence-corrected chi connectivity index (χ2v) is 10.8. The standard InChI is InChI=1S/C13H20N2O6S3/c1-3-21-5-4-9-6-11(15-8(2)16)10-7-12(24(14,19)20)22-13(10)23(9,17)18/h7,9,11H,3-6H2,1-2H3,(H,15,16)(H2,14,19,20). The molecule has 1 amide bonds. The van der Waals surface area contributed by atoms with Gasteiger partial charge in [-0.25, -0.2) is 22.0 Å². The quantitative estimate of drug-likeness (QED) is 0.675. The maximum atomic E-state index is 12.8. The first-order valence-corrected chi connectivity index (χ1v) is 11.2. The number of carbonyl (C=O) groups is 1. The SMILES string of the molecule is CCOCCC1CC(NC(C)=O)c2cc(S(N)(=O)=O)sc2S1(=O)=O. The van der Waals surface area contributed by atoms with E-state index in [0.717, 1.165) is 0 Å². The highest BCUT2D eigenvalue weighted by Crippen LogP contribution is 2.43. The highest BCUT2D eigenvalue weighted by Gasteiger charge is 2.41. The molecule has 0 saturated heterocycles. The minimum atomic E-state index is -4.02. The van der Waals surface area contributed by atoms with E-state index >= 15 is 0 Å². The van der Waals surface area contributed by atoms with Gasteiger partial charge in [0.1, 0.15) is 8.42 Å². The van der Waals surface area contributed by atoms with Crippen molar-refractivity contribution in [1.82, 2.24) is 5.32 Å². The van der Waals surface area contributed by atoms with Gasteiger partial charge in [-0.3, -0.25) is 4.79 Å². The lowest BCUT2D eigenvalue weighted by Gasteiger charge is -2.29. The van der Waals surface area contributed by atoms with E-state index in [9.17, 15) is 21.6 Å². The molecular formula is C13H20N2O6S3. The third-order valence-electron chi connectivity index (χ3n) is 3.72. The Morgan fingerprint density at radius 2 is 2.17 bits per heavy atom. The van der Waals surface area contributed by atoms with E-state index < -0.39 is 31.2 Å². The van der Waals surface area contributed by atoms with Crippen LogP contribution >= 0.6 is 11.3 Å². The largest absolute Gasteiger partial charge is 0.382 e. The molecule has 136 valence electrons. The molecule has 1 aromatic rings. The number of rotatable bonds is 6. The summed E-state index contributed by atoms with van der Waals surface area (Å²) in [6, 6.07) is 0.672. The van der Waals surface area contributed by atoms with Gasteiger partial charge in [0.15, 0.2) is 9.84 Å². The van der Waals surface area contributed by atoms with Crippen molar-refractivity contribution in [2.75, 3.05) is 13.2 Å². The number of fused-ring (bicyclic) bond motifs is 1. The highest BCUT2D eigenvalue weighted by molar-refractivity contribution is 7.95. The average molecular weight is 397 g/mol. The first kappa shape index (κ1) is 19.3. The van der Waals surface area contributed by atoms with Crippen LogP contribution < -0.4 is 10.5 Å². The van der Waals surface area contributed by atoms with E-state index in [1.165, 1.54) is 13.0 Å². The summed E-state index contributed by atoms with van der Waals surface area (Å²) in [5, 5.41) is 7.06. The maximum Gasteiger partial charge on any atom is 0.247 e. The van der Waals surface area contributed by atoms with Crippen molar-refractivity contribution < 1.29 is 26.4 Å². The lowest BCUT2D eigenvalue weighted by atomic mass is 10.0. The molecule has 1 aromatic heterocycles. The molecule has 0 spiro atoms. The minimum absolute atomic E-state index is 0.0435. The van der Waals surface area contributed by atoms with Crippen molar-refractivity contribution in [2.45, 2.75) is 46.4 Å². The number of nitrogens with two attached hydrogens (primary N) is 1. The number of sulfonamides is 1. The molecular weight excluding hydrogens is 376 g/mol. The number of thiophene rings is 1. The van der Waals surface area contributed by atoms with Crippen LogP contribution in [0.1, 0.15) is 38.3 Å². The van der Waals surface area contributed by atoms with E-state index in [0.29, 0.717) is 17.9 Å². The topological polar surface area (TPSA) is 133 Å². The Balaban J connectivity index is 2.48. The molecule has 2 heterocycles. The summed E-state index contributed by atoms with van der Waals surface area (Å²) in [6.45, 7) is 3.88. The first-order valence-electron chi connectivity index (χ1n) is 7.32. The van der Waals surface area contributed by atoms with E-state index in [2.05, 4.69) is 5.32 Å². The van der Waals surface area contributed by atoms with Crippen LogP contribution in [0.15, 0.2) is 14.5 Å². The summed E-state index contributed by atoms with van der Waals surface area (Å²) < 4.78 is 53.7. The van der Waals surface area contributed by atoms with Gasteiger partial charge in [0.25, 0.3) is 0 Å². The zero-order chi connectivity index (χ0) is 18.1. The minimum Gasteiger partial charge on any atom is -0.382 e. The number of hydrogen-bond donors (Lipinski definition) is 2. The monoisotopic (exact) mass is 396 g/mol. The molecule has 0 radical (unpaired) electrons. The average Bonchev–Trinajstić information content (AvgIpc) is 2.90. The van der Waals surface area contributed by atoms with E-state index in [4.69, 9.17) is 9.88 Å². The van der Waals surface area contributed by atoms with Crippen molar-refractivity contribution in [1.29, 1.82) is 0 Å². The molecule has 2 atom stereocenters. The van der Waals surface area contributed by atoms with E-state index in [-0.39, 0.29) is 39.3 Å². The van der Waals surface area contributed by atoms with Crippen molar-refractivity contribution in [3.8, 4) is 0 Å². The van der Waals surface area contributed by atoms with Crippen molar-refractivity contribution >= 4 is 37.1 Å². The molecule has 0 aromatic carbocycles. The second-order valence-electron chi connectivity index (χ2n) is 5.49. The molecule has 24 heavy (non-hydrogen) atoms. The van der Waals surface area contributed by atoms with Gasteiger partial charge in [-0.05, 0) is 25.8 Å². The maximum absolute atomic E-state index is 12.8. The Bertz CT molecular complexity index is 828. The number of carbonyl (C=O) groups excluding carboxylic acids is 1. The second kappa shape index (κ2) is 7.08. The Hall–Kier alpha value is -1.01. The van der Waals surface area contributed by atoms with Crippen molar-refractivity contribution in [2.24, 2.45) is 5.14 Å². The van der Waals surface area contributed by atoms with Gasteiger partial charge < -0.3 is 10.1 Å². The smallest absolute Gasteiger partial charge is 0.247 e. The number of nitrogens with one attached hydrogen (secondary N) is 1. The van der Waals surface area contributed by atoms with Gasteiger partial charge in [0, 0.05) is 25.7 Å². The van der Waals surface area contributed by atoms with Crippen LogP contribution in [0.2, 0.25) is 0 Å². The summed E-state index contributed by atoms with van der Waals surface area (Å²) in [4.78, 5) is 11.4. The fraction of sp³-hybridized carbons (Fsp3) is 0.615. The summed E-state index contributed by atoms with van der Waals surface area (Å²) in [5.41, 5.74) is 0.284. The number of hydrogen-bond acceptors (Lipinski definition) is 7. The Kier molecular flexibility index (Phi) is 5.70. The van der Waals surface area contributed by atoms with Crippen LogP contribution in [0, 0.1) is 0 Å². The fourth-order valence-electron chi connectivity index (χ4n) is 2.65. The zero-order valence-corrected chi connectivity index (χ0v) is 15.8. The molecule has 0 bridgehead atoms. The van der Waals surface area contributed by atoms with E-state index in [1.54, 1.807) is 0 Å². The predicted molar refractivity (Wildman–Crippen MR) is 89.0 cm³/mol. The molecule has 1 aliphatic heterocycles. The number of ether oxygens (including phenoxy) is 1. The molecule has 8 nitrogen and oxygen atoms in total. The summed E-state index contributed by atoms with van der Waals surface area (Å²) in [6.07, 6.45) is 0.442. The van der Waals surface area contributed by atoms with Crippen molar-refractivity contribution in [3.63, 3.8) is 0 Å². The molecule has 11 heteroatoms. The molecule has 0 fully saturated rings. The van der Waals surface area contributed by atoms with Crippen LogP contribution in [0.5, 0.6) is 0 Å². The van der Waals surface area contributed by atoms with Gasteiger partial charge in [-0.2, -0.15) is 0 Å². The van der Waals surface area contributed by atoms with Gasteiger partial charge in [0.2, 0.25) is 15.9 Å². The van der Waals surface area contributed by atoms with Crippen LogP contribution in [0.4, 0.5) is 0 Å². The number of sulfone groups is 1. The van der Waals surface area contributed by atoms with Gasteiger partial charge in [0.05, 0.1) is 11.3 Å². The zero-order valence-electron chi connectivity index (χ0n) is 13.3. The lowest BCUT2D eigenvalue weighted by molar-refractivity contribution is -0.119. The number of primary sulfonamides is 1. The van der Waals surface area contributed by atoms with Gasteiger partial charge in [-0.1, -0.05) is 0 Å². The van der Waals surface area contributed by atoms with Crippen LogP contribution in [0.3, 0.4) is 0 Å². The first-order chi connectivity index (χ1) is 11.1. The van der Waals surface area contributed by atoms with Crippen LogP contribution in [-0.2, 0) is 29.4 Å². The molecule has 2 rings (SSSR count). The Morgan fingerprint density at radius 1 is 1.50 bits per heavy atom. The fourth-order valence-corrected chi connectivity index (χ4v) is 7.33. The van der Waals surface area contributed by atoms with Crippen molar-refractivity contribution in [3.05, 3.63) is 11.6 Å². The highest BCUT2D eigenvalue weighted by atomic mass is 32.3. The summed E-state index contributed by atoms with van der Waals surface area (Å²) in [7, 11) is -7.72. The Morgan fingerprint density at radius 3 is 2.71 bits per heavy atom. The number of amides is 1. The molecule has 0 saturated carbocycles. The molecule has 2 unspecified atom stereocenters. The summed E-state index contributed by atoms with van der Waals surface area (Å²) in [5.74, 6) is -0.322. The van der Waals surface area contributed by atoms with Gasteiger partial charge in [-0.15, -0.1) is 11.3 Å². The Labute approximate surface area is 145 Å². The lowest BCUT2D eigenvalue weighted by Crippen LogP contribution is -2.37. The van der Waals surface area contributed by atoms with E-state index in [1.807, 2.05) is 6.92 Å². The normalized spacial score (nSPS) is 22.8. The molecule has 1 aliphatic rings. The molecule has 3 N–H and O–H groups in total. The molecule has 0 aliphatic carbocycles. The third-order valence-corrected chi connectivity index (χ3v) is 9.09. The van der Waals surface area contributed by atoms with Gasteiger partial charge >= 0.3 is 0 Å². The predicted octanol–water partition coefficient (Wildman–Crippen LogP) is 0.545. The van der Waals surface area contributed by atoms with Crippen LogP contribution in [0.25, 0.3) is 0 Å². The summed E-state index contributed by atoms with van der Waals surface area (Å²) >= 11 is 0.630. The van der Waals surface area contributed by atoms with Crippen LogP contribution in [-0.4, -0.2) is 41.2 Å².